The Bertz CT molecular complexity index is 769. The lowest BCUT2D eigenvalue weighted by Gasteiger charge is -2.37. The quantitative estimate of drug-likeness (QED) is 0.510. The third-order valence-electron chi connectivity index (χ3n) is 6.81. The lowest BCUT2D eigenvalue weighted by Crippen LogP contribution is -2.58. The molecule has 0 unspecified atom stereocenters. The number of nitrogens with zero attached hydrogens (tertiary/aromatic N) is 2. The summed E-state index contributed by atoms with van der Waals surface area (Å²) in [6.45, 7) is 3.24. The SMILES string of the molecule is COC[C@H]1CCCN1C(=O)CC[C@@H]1CNC(=O)[C@@H]2C[C@H](NCc3ccc(CO)o3)CN12. The molecule has 172 valence electrons. The Hall–Kier alpha value is -1.94. The van der Waals surface area contributed by atoms with Crippen LogP contribution in [0.5, 0.6) is 0 Å². The third kappa shape index (κ3) is 5.11. The molecule has 0 saturated carbocycles. The van der Waals surface area contributed by atoms with Gasteiger partial charge in [-0.2, -0.15) is 0 Å². The molecule has 3 aliphatic rings. The second-order valence-corrected chi connectivity index (χ2v) is 8.83. The molecule has 9 heteroatoms. The Kier molecular flexibility index (Phi) is 7.27. The Morgan fingerprint density at radius 3 is 2.97 bits per heavy atom. The minimum absolute atomic E-state index is 0.0761. The normalized spacial score (nSPS) is 28.7. The first kappa shape index (κ1) is 22.3. The van der Waals surface area contributed by atoms with Crippen LogP contribution in [0.15, 0.2) is 16.5 Å². The first-order valence-corrected chi connectivity index (χ1v) is 11.3. The van der Waals surface area contributed by atoms with Crippen molar-refractivity contribution in [3.8, 4) is 0 Å². The topological polar surface area (TPSA) is 107 Å². The van der Waals surface area contributed by atoms with Crippen LogP contribution in [-0.2, 0) is 27.5 Å². The average Bonchev–Trinajstić information content (AvgIpc) is 3.51. The van der Waals surface area contributed by atoms with Crippen LogP contribution in [-0.4, -0.2) is 84.2 Å². The summed E-state index contributed by atoms with van der Waals surface area (Å²) in [5, 5.41) is 15.6. The number of piperazine rings is 1. The van der Waals surface area contributed by atoms with Crippen molar-refractivity contribution in [1.29, 1.82) is 0 Å². The number of nitrogens with one attached hydrogen (secondary N) is 2. The Morgan fingerprint density at radius 1 is 1.35 bits per heavy atom. The summed E-state index contributed by atoms with van der Waals surface area (Å²) in [4.78, 5) is 29.5. The van der Waals surface area contributed by atoms with Crippen LogP contribution >= 0.6 is 0 Å². The van der Waals surface area contributed by atoms with Gasteiger partial charge in [0.15, 0.2) is 0 Å². The molecule has 2 amide bonds. The number of hydrogen-bond acceptors (Lipinski definition) is 7. The highest BCUT2D eigenvalue weighted by molar-refractivity contribution is 5.83. The molecule has 4 atom stereocenters. The van der Waals surface area contributed by atoms with E-state index in [1.807, 2.05) is 11.0 Å². The number of methoxy groups -OCH3 is 1. The van der Waals surface area contributed by atoms with Crippen LogP contribution in [0.4, 0.5) is 0 Å². The van der Waals surface area contributed by atoms with Crippen molar-refractivity contribution in [2.75, 3.05) is 33.4 Å². The molecular weight excluding hydrogens is 400 g/mol. The first-order chi connectivity index (χ1) is 15.1. The minimum Gasteiger partial charge on any atom is -0.462 e. The molecule has 1 aromatic rings. The van der Waals surface area contributed by atoms with Gasteiger partial charge >= 0.3 is 0 Å². The summed E-state index contributed by atoms with van der Waals surface area (Å²) < 4.78 is 10.8. The number of aliphatic hydroxyl groups excluding tert-OH is 1. The van der Waals surface area contributed by atoms with Crippen LogP contribution in [0.1, 0.15) is 43.6 Å². The Labute approximate surface area is 183 Å². The van der Waals surface area contributed by atoms with Gasteiger partial charge in [-0.25, -0.2) is 0 Å². The van der Waals surface area contributed by atoms with Crippen molar-refractivity contribution in [1.82, 2.24) is 20.4 Å². The summed E-state index contributed by atoms with van der Waals surface area (Å²) in [5.41, 5.74) is 0. The standard InChI is InChI=1S/C22H34N4O5/c1-30-14-17-3-2-8-25(17)21(28)7-4-16-10-24-22(29)20-9-15(12-26(16)20)23-11-18-5-6-19(13-27)31-18/h5-6,15-17,20,23,27H,2-4,7-14H2,1H3,(H,24,29)/t15-,16+,17+,20-/m0/s1. The number of aliphatic hydroxyl groups is 1. The highest BCUT2D eigenvalue weighted by Crippen LogP contribution is 2.27. The van der Waals surface area contributed by atoms with Gasteiger partial charge < -0.3 is 29.8 Å². The first-order valence-electron chi connectivity index (χ1n) is 11.3. The number of ether oxygens (including phenoxy) is 1. The monoisotopic (exact) mass is 434 g/mol. The van der Waals surface area contributed by atoms with E-state index < -0.39 is 0 Å². The number of likely N-dealkylation sites (tertiary alicyclic amines) is 1. The fourth-order valence-corrected chi connectivity index (χ4v) is 5.20. The summed E-state index contributed by atoms with van der Waals surface area (Å²) in [6.07, 6.45) is 4.03. The number of carbonyl (C=O) groups excluding carboxylic acids is 2. The van der Waals surface area contributed by atoms with Gasteiger partial charge in [0.25, 0.3) is 0 Å². The molecule has 0 bridgehead atoms. The van der Waals surface area contributed by atoms with Crippen molar-refractivity contribution in [3.63, 3.8) is 0 Å². The number of hydrogen-bond donors (Lipinski definition) is 3. The van der Waals surface area contributed by atoms with Crippen molar-refractivity contribution in [2.24, 2.45) is 0 Å². The average molecular weight is 435 g/mol. The second-order valence-electron chi connectivity index (χ2n) is 8.83. The highest BCUT2D eigenvalue weighted by atomic mass is 16.5. The Morgan fingerprint density at radius 2 is 2.19 bits per heavy atom. The predicted molar refractivity (Wildman–Crippen MR) is 113 cm³/mol. The molecule has 9 nitrogen and oxygen atoms in total. The largest absolute Gasteiger partial charge is 0.462 e. The molecule has 1 aromatic heterocycles. The van der Waals surface area contributed by atoms with E-state index in [-0.39, 0.29) is 42.6 Å². The van der Waals surface area contributed by atoms with Crippen molar-refractivity contribution < 1.29 is 23.8 Å². The number of amides is 2. The van der Waals surface area contributed by atoms with E-state index in [0.29, 0.717) is 31.9 Å². The van der Waals surface area contributed by atoms with E-state index in [0.717, 1.165) is 44.5 Å². The van der Waals surface area contributed by atoms with E-state index in [4.69, 9.17) is 14.3 Å². The number of fused-ring (bicyclic) bond motifs is 1. The van der Waals surface area contributed by atoms with Gasteiger partial charge in [-0.15, -0.1) is 0 Å². The molecular formula is C22H34N4O5. The highest BCUT2D eigenvalue weighted by Gasteiger charge is 2.43. The van der Waals surface area contributed by atoms with Gasteiger partial charge in [0.1, 0.15) is 18.1 Å². The lowest BCUT2D eigenvalue weighted by atomic mass is 10.0. The zero-order valence-corrected chi connectivity index (χ0v) is 18.2. The molecule has 3 aliphatic heterocycles. The number of carbonyl (C=O) groups is 2. The summed E-state index contributed by atoms with van der Waals surface area (Å²) in [5.74, 6) is 1.60. The molecule has 4 rings (SSSR count). The summed E-state index contributed by atoms with van der Waals surface area (Å²) in [7, 11) is 1.68. The zero-order chi connectivity index (χ0) is 21.8. The fourth-order valence-electron chi connectivity index (χ4n) is 5.20. The van der Waals surface area contributed by atoms with E-state index in [9.17, 15) is 9.59 Å². The van der Waals surface area contributed by atoms with Crippen LogP contribution in [0, 0.1) is 0 Å². The Balaban J connectivity index is 1.29. The van der Waals surface area contributed by atoms with Crippen LogP contribution in [0.25, 0.3) is 0 Å². The molecule has 3 fully saturated rings. The number of rotatable bonds is 9. The van der Waals surface area contributed by atoms with Crippen LogP contribution < -0.4 is 10.6 Å². The predicted octanol–water partition coefficient (Wildman–Crippen LogP) is 0.220. The van der Waals surface area contributed by atoms with E-state index in [2.05, 4.69) is 15.5 Å². The molecule has 4 heterocycles. The molecule has 0 radical (unpaired) electrons. The van der Waals surface area contributed by atoms with Gasteiger partial charge in [0.05, 0.1) is 25.2 Å². The van der Waals surface area contributed by atoms with Crippen LogP contribution in [0.3, 0.4) is 0 Å². The van der Waals surface area contributed by atoms with Gasteiger partial charge in [-0.1, -0.05) is 0 Å². The smallest absolute Gasteiger partial charge is 0.237 e. The molecule has 3 N–H and O–H groups in total. The molecule has 31 heavy (non-hydrogen) atoms. The molecule has 0 spiro atoms. The molecule has 3 saturated heterocycles. The maximum atomic E-state index is 12.8. The van der Waals surface area contributed by atoms with E-state index >= 15 is 0 Å². The third-order valence-corrected chi connectivity index (χ3v) is 6.81. The van der Waals surface area contributed by atoms with Crippen LogP contribution in [0.2, 0.25) is 0 Å². The van der Waals surface area contributed by atoms with Crippen molar-refractivity contribution >= 4 is 11.8 Å². The zero-order valence-electron chi connectivity index (χ0n) is 18.2. The van der Waals surface area contributed by atoms with E-state index in [1.54, 1.807) is 13.2 Å². The van der Waals surface area contributed by atoms with Crippen molar-refractivity contribution in [3.05, 3.63) is 23.7 Å². The van der Waals surface area contributed by atoms with Gasteiger partial charge in [0, 0.05) is 45.2 Å². The molecule has 0 aliphatic carbocycles. The summed E-state index contributed by atoms with van der Waals surface area (Å²) in [6, 6.07) is 4.03. The maximum Gasteiger partial charge on any atom is 0.237 e. The molecule has 0 aromatic carbocycles. The van der Waals surface area contributed by atoms with Crippen molar-refractivity contribution in [2.45, 2.75) is 69.4 Å². The van der Waals surface area contributed by atoms with Gasteiger partial charge in [-0.3, -0.25) is 14.5 Å². The number of furan rings is 1. The minimum atomic E-state index is -0.149. The fraction of sp³-hybridized carbons (Fsp3) is 0.727. The summed E-state index contributed by atoms with van der Waals surface area (Å²) >= 11 is 0. The van der Waals surface area contributed by atoms with Gasteiger partial charge in [-0.05, 0) is 37.8 Å². The lowest BCUT2D eigenvalue weighted by molar-refractivity contribution is -0.133. The van der Waals surface area contributed by atoms with Gasteiger partial charge in [0.2, 0.25) is 11.8 Å². The maximum absolute atomic E-state index is 12.8. The second kappa shape index (κ2) is 10.1. The van der Waals surface area contributed by atoms with E-state index in [1.165, 1.54) is 0 Å².